The first kappa shape index (κ1) is 19.1. The molecule has 0 unspecified atom stereocenters. The van der Waals surface area contributed by atoms with E-state index < -0.39 is 16.1 Å². The minimum atomic E-state index is -3.66. The average Bonchev–Trinajstić information content (AvgIpc) is 2.90. The van der Waals surface area contributed by atoms with Crippen LogP contribution in [0.5, 0.6) is 0 Å². The maximum atomic E-state index is 12.7. The van der Waals surface area contributed by atoms with E-state index in [2.05, 4.69) is 9.82 Å². The van der Waals surface area contributed by atoms with Gasteiger partial charge < -0.3 is 9.47 Å². The van der Waals surface area contributed by atoms with Crippen LogP contribution in [0.25, 0.3) is 0 Å². The van der Waals surface area contributed by atoms with Crippen molar-refractivity contribution in [3.05, 3.63) is 23.5 Å². The number of aromatic nitrogens is 2. The molecular formula is C16H27N3O4S. The molecule has 0 saturated carbocycles. The summed E-state index contributed by atoms with van der Waals surface area (Å²) in [4.78, 5) is 0.206. The van der Waals surface area contributed by atoms with Gasteiger partial charge in [0, 0.05) is 13.2 Å². The normalized spacial score (nSPS) is 21.7. The molecule has 2 rings (SSSR count). The molecule has 1 aliphatic heterocycles. The molecule has 1 aromatic heterocycles. The molecule has 1 N–H and O–H groups in total. The summed E-state index contributed by atoms with van der Waals surface area (Å²) < 4.78 is 41.0. The van der Waals surface area contributed by atoms with Gasteiger partial charge in [-0.05, 0) is 34.1 Å². The third-order valence-electron chi connectivity index (χ3n) is 4.05. The summed E-state index contributed by atoms with van der Waals surface area (Å²) >= 11 is 0. The molecule has 0 amide bonds. The Kier molecular flexibility index (Phi) is 6.56. The number of hydrogen-bond acceptors (Lipinski definition) is 5. The van der Waals surface area contributed by atoms with Gasteiger partial charge in [0.1, 0.15) is 4.90 Å². The van der Waals surface area contributed by atoms with Crippen molar-refractivity contribution in [1.29, 1.82) is 0 Å². The SMILES string of the molecule is CCn1ncc(S(=O)(=O)N[C@H]2COCC[C@H]2OCC=C(C)C)c1C. The molecule has 0 aromatic carbocycles. The van der Waals surface area contributed by atoms with Gasteiger partial charge in [0.25, 0.3) is 0 Å². The monoisotopic (exact) mass is 357 g/mol. The summed E-state index contributed by atoms with van der Waals surface area (Å²) in [6.07, 6.45) is 3.84. The molecule has 0 aliphatic carbocycles. The van der Waals surface area contributed by atoms with E-state index in [4.69, 9.17) is 9.47 Å². The minimum Gasteiger partial charge on any atom is -0.380 e. The van der Waals surface area contributed by atoms with E-state index in [9.17, 15) is 8.42 Å². The molecule has 2 atom stereocenters. The summed E-state index contributed by atoms with van der Waals surface area (Å²) in [6, 6.07) is -0.404. The van der Waals surface area contributed by atoms with Crippen LogP contribution in [0.1, 0.15) is 32.9 Å². The van der Waals surface area contributed by atoms with Gasteiger partial charge in [-0.1, -0.05) is 11.6 Å². The largest absolute Gasteiger partial charge is 0.380 e. The van der Waals surface area contributed by atoms with Crippen molar-refractivity contribution in [1.82, 2.24) is 14.5 Å². The first-order valence-corrected chi connectivity index (χ1v) is 9.71. The van der Waals surface area contributed by atoms with Gasteiger partial charge in [-0.25, -0.2) is 13.1 Å². The molecule has 1 aromatic rings. The molecule has 1 aliphatic rings. The number of rotatable bonds is 7. The molecule has 7 nitrogen and oxygen atoms in total. The van der Waals surface area contributed by atoms with Crippen LogP contribution in [-0.2, 0) is 26.0 Å². The summed E-state index contributed by atoms with van der Waals surface area (Å²) in [5.41, 5.74) is 1.80. The van der Waals surface area contributed by atoms with Crippen molar-refractivity contribution < 1.29 is 17.9 Å². The number of nitrogens with zero attached hydrogens (tertiary/aromatic N) is 2. The van der Waals surface area contributed by atoms with Crippen LogP contribution in [0.4, 0.5) is 0 Å². The van der Waals surface area contributed by atoms with Crippen molar-refractivity contribution in [3.63, 3.8) is 0 Å². The van der Waals surface area contributed by atoms with Crippen LogP contribution < -0.4 is 4.72 Å². The third kappa shape index (κ3) is 4.66. The topological polar surface area (TPSA) is 82.5 Å². The predicted octanol–water partition coefficient (Wildman–Crippen LogP) is 1.63. The van der Waals surface area contributed by atoms with Crippen LogP contribution in [-0.4, -0.2) is 50.2 Å². The van der Waals surface area contributed by atoms with E-state index in [1.165, 1.54) is 11.8 Å². The fourth-order valence-corrected chi connectivity index (χ4v) is 4.07. The quantitative estimate of drug-likeness (QED) is 0.750. The highest BCUT2D eigenvalue weighted by atomic mass is 32.2. The van der Waals surface area contributed by atoms with Crippen molar-refractivity contribution in [2.75, 3.05) is 19.8 Å². The molecule has 8 heteroatoms. The lowest BCUT2D eigenvalue weighted by molar-refractivity contribution is -0.0418. The van der Waals surface area contributed by atoms with Gasteiger partial charge in [-0.2, -0.15) is 5.10 Å². The molecule has 1 fully saturated rings. The summed E-state index contributed by atoms with van der Waals surface area (Å²) in [7, 11) is -3.66. The fraction of sp³-hybridized carbons (Fsp3) is 0.688. The molecule has 0 bridgehead atoms. The van der Waals surface area contributed by atoms with Crippen LogP contribution in [0.3, 0.4) is 0 Å². The number of ether oxygens (including phenoxy) is 2. The van der Waals surface area contributed by atoms with Crippen molar-refractivity contribution in [2.24, 2.45) is 0 Å². The molecule has 0 radical (unpaired) electrons. The predicted molar refractivity (Wildman–Crippen MR) is 91.4 cm³/mol. The molecule has 1 saturated heterocycles. The average molecular weight is 357 g/mol. The zero-order valence-corrected chi connectivity index (χ0v) is 15.6. The van der Waals surface area contributed by atoms with Gasteiger partial charge in [-0.3, -0.25) is 4.68 Å². The van der Waals surface area contributed by atoms with Crippen molar-refractivity contribution in [2.45, 2.75) is 57.7 Å². The zero-order valence-electron chi connectivity index (χ0n) is 14.8. The Morgan fingerprint density at radius 2 is 2.29 bits per heavy atom. The minimum absolute atomic E-state index is 0.203. The number of sulfonamides is 1. The van der Waals surface area contributed by atoms with Gasteiger partial charge in [0.15, 0.2) is 0 Å². The number of nitrogens with one attached hydrogen (secondary N) is 1. The fourth-order valence-electron chi connectivity index (χ4n) is 2.64. The highest BCUT2D eigenvalue weighted by molar-refractivity contribution is 7.89. The second-order valence-electron chi connectivity index (χ2n) is 6.15. The van der Waals surface area contributed by atoms with Crippen molar-refractivity contribution >= 4 is 10.0 Å². The van der Waals surface area contributed by atoms with E-state index in [-0.39, 0.29) is 11.0 Å². The van der Waals surface area contributed by atoms with Crippen LogP contribution in [0, 0.1) is 6.92 Å². The van der Waals surface area contributed by atoms with Crippen LogP contribution in [0.2, 0.25) is 0 Å². The summed E-state index contributed by atoms with van der Waals surface area (Å²) in [5, 5.41) is 4.11. The Bertz CT molecular complexity index is 677. The first-order chi connectivity index (χ1) is 11.3. The third-order valence-corrected chi connectivity index (χ3v) is 5.64. The summed E-state index contributed by atoms with van der Waals surface area (Å²) in [5.74, 6) is 0. The lowest BCUT2D eigenvalue weighted by Gasteiger charge is -2.31. The lowest BCUT2D eigenvalue weighted by atomic mass is 10.1. The van der Waals surface area contributed by atoms with E-state index in [0.29, 0.717) is 38.5 Å². The van der Waals surface area contributed by atoms with Crippen molar-refractivity contribution in [3.8, 4) is 0 Å². The Hall–Kier alpha value is -1.22. The number of hydrogen-bond donors (Lipinski definition) is 1. The maximum absolute atomic E-state index is 12.7. The molecular weight excluding hydrogens is 330 g/mol. The molecule has 136 valence electrons. The second kappa shape index (κ2) is 8.24. The van der Waals surface area contributed by atoms with Gasteiger partial charge in [-0.15, -0.1) is 0 Å². The van der Waals surface area contributed by atoms with Gasteiger partial charge >= 0.3 is 0 Å². The smallest absolute Gasteiger partial charge is 0.244 e. The van der Waals surface area contributed by atoms with E-state index >= 15 is 0 Å². The van der Waals surface area contributed by atoms with E-state index in [1.54, 1.807) is 11.6 Å². The van der Waals surface area contributed by atoms with E-state index in [1.807, 2.05) is 26.8 Å². The molecule has 2 heterocycles. The Morgan fingerprint density at radius 3 is 2.92 bits per heavy atom. The molecule has 24 heavy (non-hydrogen) atoms. The summed E-state index contributed by atoms with van der Waals surface area (Å²) in [6.45, 7) is 9.66. The van der Waals surface area contributed by atoms with E-state index in [0.717, 1.165) is 0 Å². The highest BCUT2D eigenvalue weighted by Crippen LogP contribution is 2.18. The highest BCUT2D eigenvalue weighted by Gasteiger charge is 2.32. The number of aryl methyl sites for hydroxylation is 1. The van der Waals surface area contributed by atoms with Crippen LogP contribution >= 0.6 is 0 Å². The van der Waals surface area contributed by atoms with Gasteiger partial charge in [0.2, 0.25) is 10.0 Å². The maximum Gasteiger partial charge on any atom is 0.244 e. The standard InChI is InChI=1S/C16H27N3O4S/c1-5-19-13(4)16(10-17-19)24(20,21)18-14-11-22-8-7-15(14)23-9-6-12(2)3/h6,10,14-15,18H,5,7-9,11H2,1-4H3/t14-,15+/m0/s1. The Balaban J connectivity index is 2.10. The lowest BCUT2D eigenvalue weighted by Crippen LogP contribution is -2.50. The zero-order chi connectivity index (χ0) is 17.7. The van der Waals surface area contributed by atoms with Crippen LogP contribution in [0.15, 0.2) is 22.7 Å². The number of allylic oxidation sites excluding steroid dienone is 1. The molecule has 0 spiro atoms. The first-order valence-electron chi connectivity index (χ1n) is 8.22. The van der Waals surface area contributed by atoms with Gasteiger partial charge in [0.05, 0.1) is 37.3 Å². The Morgan fingerprint density at radius 1 is 1.54 bits per heavy atom. The Labute approximate surface area is 144 Å². The second-order valence-corrected chi connectivity index (χ2v) is 7.84.